The van der Waals surface area contributed by atoms with Crippen molar-refractivity contribution in [1.82, 2.24) is 10.2 Å². The minimum Gasteiger partial charge on any atom is -0.367 e. The van der Waals surface area contributed by atoms with Crippen LogP contribution in [-0.4, -0.2) is 50.7 Å². The zero-order valence-electron chi connectivity index (χ0n) is 12.4. The van der Waals surface area contributed by atoms with Crippen LogP contribution >= 0.6 is 0 Å². The predicted molar refractivity (Wildman–Crippen MR) is 82.8 cm³/mol. The summed E-state index contributed by atoms with van der Waals surface area (Å²) in [6.07, 6.45) is 2.50. The molecule has 20 heavy (non-hydrogen) atoms. The zero-order valence-corrected chi connectivity index (χ0v) is 12.4. The number of anilines is 1. The Bertz CT molecular complexity index is 389. The van der Waals surface area contributed by atoms with E-state index in [2.05, 4.69) is 22.0 Å². The first-order chi connectivity index (χ1) is 9.81. The van der Waals surface area contributed by atoms with E-state index < -0.39 is 0 Å². The summed E-state index contributed by atoms with van der Waals surface area (Å²) in [6.45, 7) is 9.34. The maximum absolute atomic E-state index is 13.7. The second-order valence-corrected chi connectivity index (χ2v) is 5.38. The van der Waals surface area contributed by atoms with E-state index in [1.807, 2.05) is 12.1 Å². The van der Waals surface area contributed by atoms with Crippen LogP contribution in [0.25, 0.3) is 0 Å². The number of benzene rings is 1. The molecule has 1 aliphatic rings. The van der Waals surface area contributed by atoms with Gasteiger partial charge in [-0.05, 0) is 25.1 Å². The van der Waals surface area contributed by atoms with Crippen LogP contribution in [0.15, 0.2) is 24.3 Å². The fraction of sp³-hybridized carbons (Fsp3) is 0.625. The third-order valence-corrected chi connectivity index (χ3v) is 3.88. The number of halogens is 1. The van der Waals surface area contributed by atoms with E-state index in [9.17, 15) is 4.39 Å². The number of rotatable bonds is 7. The van der Waals surface area contributed by atoms with E-state index in [0.29, 0.717) is 0 Å². The summed E-state index contributed by atoms with van der Waals surface area (Å²) in [5, 5.41) is 3.47. The van der Waals surface area contributed by atoms with Crippen LogP contribution in [-0.2, 0) is 0 Å². The van der Waals surface area contributed by atoms with Crippen molar-refractivity contribution in [3.8, 4) is 0 Å². The smallest absolute Gasteiger partial charge is 0.146 e. The molecule has 0 saturated carbocycles. The van der Waals surface area contributed by atoms with Gasteiger partial charge in [0, 0.05) is 39.3 Å². The molecule has 4 heteroatoms. The number of hydrogen-bond donors (Lipinski definition) is 1. The van der Waals surface area contributed by atoms with Crippen molar-refractivity contribution in [3.05, 3.63) is 30.1 Å². The van der Waals surface area contributed by atoms with Crippen molar-refractivity contribution < 1.29 is 4.39 Å². The summed E-state index contributed by atoms with van der Waals surface area (Å²) >= 11 is 0. The van der Waals surface area contributed by atoms with E-state index in [4.69, 9.17) is 0 Å². The molecule has 1 aromatic carbocycles. The molecule has 112 valence electrons. The van der Waals surface area contributed by atoms with Crippen LogP contribution < -0.4 is 10.2 Å². The minimum absolute atomic E-state index is 0.109. The van der Waals surface area contributed by atoms with Crippen LogP contribution in [0.1, 0.15) is 19.8 Å². The highest BCUT2D eigenvalue weighted by Gasteiger charge is 2.18. The van der Waals surface area contributed by atoms with Gasteiger partial charge in [0.1, 0.15) is 5.82 Å². The number of nitrogens with one attached hydrogen (secondary N) is 1. The minimum atomic E-state index is -0.109. The molecule has 1 aliphatic heterocycles. The molecule has 1 N–H and O–H groups in total. The molecule has 3 nitrogen and oxygen atoms in total. The maximum Gasteiger partial charge on any atom is 0.146 e. The van der Waals surface area contributed by atoms with Gasteiger partial charge in [-0.1, -0.05) is 25.5 Å². The summed E-state index contributed by atoms with van der Waals surface area (Å²) in [4.78, 5) is 4.60. The Hall–Kier alpha value is -1.13. The highest BCUT2D eigenvalue weighted by molar-refractivity contribution is 5.47. The second-order valence-electron chi connectivity index (χ2n) is 5.38. The first-order valence-corrected chi connectivity index (χ1v) is 7.74. The van der Waals surface area contributed by atoms with E-state index in [-0.39, 0.29) is 5.82 Å². The number of para-hydroxylation sites is 1. The average molecular weight is 279 g/mol. The maximum atomic E-state index is 13.7. The van der Waals surface area contributed by atoms with Crippen molar-refractivity contribution >= 4 is 5.69 Å². The second kappa shape index (κ2) is 8.22. The summed E-state index contributed by atoms with van der Waals surface area (Å²) in [7, 11) is 0. The van der Waals surface area contributed by atoms with Gasteiger partial charge in [-0.15, -0.1) is 0 Å². The number of unbranched alkanes of at least 4 members (excludes halogenated alkanes) is 1. The lowest BCUT2D eigenvalue weighted by Gasteiger charge is -2.36. The standard InChI is InChI=1S/C16H26FN3/c1-2-3-8-18-9-10-19-11-13-20(14-12-19)16-7-5-4-6-15(16)17/h4-7,18H,2-3,8-14H2,1H3. The largest absolute Gasteiger partial charge is 0.367 e. The first kappa shape index (κ1) is 15.3. The molecule has 2 rings (SSSR count). The van der Waals surface area contributed by atoms with Gasteiger partial charge in [-0.25, -0.2) is 4.39 Å². The van der Waals surface area contributed by atoms with Gasteiger partial charge in [0.25, 0.3) is 0 Å². The lowest BCUT2D eigenvalue weighted by atomic mass is 10.2. The van der Waals surface area contributed by atoms with Gasteiger partial charge in [-0.3, -0.25) is 4.90 Å². The van der Waals surface area contributed by atoms with Crippen molar-refractivity contribution in [2.75, 3.05) is 50.7 Å². The molecular formula is C16H26FN3. The van der Waals surface area contributed by atoms with Gasteiger partial charge in [0.2, 0.25) is 0 Å². The Balaban J connectivity index is 1.69. The molecule has 1 fully saturated rings. The SMILES string of the molecule is CCCCNCCN1CCN(c2ccccc2F)CC1. The van der Waals surface area contributed by atoms with Crippen molar-refractivity contribution in [3.63, 3.8) is 0 Å². The molecule has 0 aliphatic carbocycles. The Morgan fingerprint density at radius 1 is 1.10 bits per heavy atom. The van der Waals surface area contributed by atoms with Crippen LogP contribution in [0, 0.1) is 5.82 Å². The Morgan fingerprint density at radius 3 is 2.55 bits per heavy atom. The van der Waals surface area contributed by atoms with Gasteiger partial charge >= 0.3 is 0 Å². The van der Waals surface area contributed by atoms with Gasteiger partial charge in [0.05, 0.1) is 5.69 Å². The van der Waals surface area contributed by atoms with Gasteiger partial charge in [0.15, 0.2) is 0 Å². The molecule has 1 aromatic rings. The summed E-state index contributed by atoms with van der Waals surface area (Å²) in [5.41, 5.74) is 0.744. The molecule has 0 amide bonds. The van der Waals surface area contributed by atoms with Crippen molar-refractivity contribution in [2.24, 2.45) is 0 Å². The average Bonchev–Trinajstić information content (AvgIpc) is 2.48. The van der Waals surface area contributed by atoms with E-state index in [1.165, 1.54) is 12.8 Å². The Labute approximate surface area is 121 Å². The lowest BCUT2D eigenvalue weighted by molar-refractivity contribution is 0.257. The number of piperazine rings is 1. The van der Waals surface area contributed by atoms with E-state index in [1.54, 1.807) is 12.1 Å². The molecule has 0 atom stereocenters. The Morgan fingerprint density at radius 2 is 1.85 bits per heavy atom. The van der Waals surface area contributed by atoms with Crippen LogP contribution in [0.5, 0.6) is 0 Å². The molecule has 1 saturated heterocycles. The summed E-state index contributed by atoms with van der Waals surface area (Å²) < 4.78 is 13.7. The fourth-order valence-corrected chi connectivity index (χ4v) is 2.58. The molecule has 0 radical (unpaired) electrons. The van der Waals surface area contributed by atoms with Crippen LogP contribution in [0.4, 0.5) is 10.1 Å². The molecule has 0 aromatic heterocycles. The first-order valence-electron chi connectivity index (χ1n) is 7.74. The quantitative estimate of drug-likeness (QED) is 0.773. The van der Waals surface area contributed by atoms with Gasteiger partial charge in [-0.2, -0.15) is 0 Å². The third kappa shape index (κ3) is 4.46. The fourth-order valence-electron chi connectivity index (χ4n) is 2.58. The lowest BCUT2D eigenvalue weighted by Crippen LogP contribution is -2.48. The van der Waals surface area contributed by atoms with Crippen molar-refractivity contribution in [1.29, 1.82) is 0 Å². The predicted octanol–water partition coefficient (Wildman–Crippen LogP) is 2.34. The molecular weight excluding hydrogens is 253 g/mol. The van der Waals surface area contributed by atoms with E-state index in [0.717, 1.165) is 51.5 Å². The summed E-state index contributed by atoms with van der Waals surface area (Å²) in [5.74, 6) is -0.109. The normalized spacial score (nSPS) is 16.6. The van der Waals surface area contributed by atoms with Gasteiger partial charge < -0.3 is 10.2 Å². The zero-order chi connectivity index (χ0) is 14.2. The van der Waals surface area contributed by atoms with Crippen LogP contribution in [0.2, 0.25) is 0 Å². The highest BCUT2D eigenvalue weighted by atomic mass is 19.1. The molecule has 0 unspecified atom stereocenters. The number of nitrogens with zero attached hydrogens (tertiary/aromatic N) is 2. The highest BCUT2D eigenvalue weighted by Crippen LogP contribution is 2.19. The topological polar surface area (TPSA) is 18.5 Å². The van der Waals surface area contributed by atoms with E-state index >= 15 is 0 Å². The monoisotopic (exact) mass is 279 g/mol. The van der Waals surface area contributed by atoms with Crippen molar-refractivity contribution in [2.45, 2.75) is 19.8 Å². The third-order valence-electron chi connectivity index (χ3n) is 3.88. The molecule has 0 spiro atoms. The summed E-state index contributed by atoms with van der Waals surface area (Å²) in [6, 6.07) is 7.07. The molecule has 0 bridgehead atoms. The number of hydrogen-bond acceptors (Lipinski definition) is 3. The van der Waals surface area contributed by atoms with Crippen LogP contribution in [0.3, 0.4) is 0 Å². The molecule has 1 heterocycles. The Kier molecular flexibility index (Phi) is 6.27.